The van der Waals surface area contributed by atoms with Crippen LogP contribution in [0.1, 0.15) is 37.3 Å². The smallest absolute Gasteiger partial charge is 0.231 e. The number of carbonyl (C=O) groups excluding carboxylic acids is 2. The molecule has 0 saturated carbocycles. The third-order valence-corrected chi connectivity index (χ3v) is 4.83. The Morgan fingerprint density at radius 1 is 1.12 bits per heavy atom. The van der Waals surface area contributed by atoms with Crippen molar-refractivity contribution in [2.75, 3.05) is 11.9 Å². The lowest BCUT2D eigenvalue weighted by Crippen LogP contribution is -2.43. The Hall–Kier alpha value is -2.62. The van der Waals surface area contributed by atoms with Crippen LogP contribution in [-0.4, -0.2) is 29.8 Å². The minimum Gasteiger partial charge on any atom is -0.335 e. The third-order valence-electron chi connectivity index (χ3n) is 4.83. The van der Waals surface area contributed by atoms with Gasteiger partial charge in [-0.2, -0.15) is 0 Å². The maximum atomic E-state index is 13.3. The van der Waals surface area contributed by atoms with Gasteiger partial charge in [0.25, 0.3) is 0 Å². The molecule has 0 radical (unpaired) electrons. The second-order valence-corrected chi connectivity index (χ2v) is 6.81. The molecule has 25 heavy (non-hydrogen) atoms. The van der Waals surface area contributed by atoms with Gasteiger partial charge in [-0.25, -0.2) is 0 Å². The van der Waals surface area contributed by atoms with Gasteiger partial charge in [-0.3, -0.25) is 9.59 Å². The van der Waals surface area contributed by atoms with Crippen molar-refractivity contribution in [3.05, 3.63) is 65.7 Å². The van der Waals surface area contributed by atoms with Gasteiger partial charge in [0.05, 0.1) is 5.92 Å². The molecular weight excluding hydrogens is 312 g/mol. The number of carbonyl (C=O) groups is 2. The van der Waals surface area contributed by atoms with Gasteiger partial charge < -0.3 is 9.80 Å². The van der Waals surface area contributed by atoms with Gasteiger partial charge in [-0.15, -0.1) is 0 Å². The summed E-state index contributed by atoms with van der Waals surface area (Å²) in [6.45, 7) is 4.59. The van der Waals surface area contributed by atoms with E-state index in [-0.39, 0.29) is 24.3 Å². The summed E-state index contributed by atoms with van der Waals surface area (Å²) in [6, 6.07) is 17.7. The summed E-state index contributed by atoms with van der Waals surface area (Å²) >= 11 is 0. The molecule has 4 nitrogen and oxygen atoms in total. The Labute approximate surface area is 149 Å². The van der Waals surface area contributed by atoms with E-state index in [0.717, 1.165) is 16.8 Å². The molecule has 1 atom stereocenters. The molecule has 2 aromatic carbocycles. The fourth-order valence-corrected chi connectivity index (χ4v) is 3.36. The van der Waals surface area contributed by atoms with Crippen molar-refractivity contribution in [3.8, 4) is 0 Å². The number of benzene rings is 2. The molecule has 1 aliphatic rings. The third kappa shape index (κ3) is 3.43. The summed E-state index contributed by atoms with van der Waals surface area (Å²) < 4.78 is 0. The SMILES string of the molecule is CC(C)N(Cc1ccccc1)C(=O)C1CC(=O)N(C)c2ccccc21. The average Bonchev–Trinajstić information content (AvgIpc) is 2.63. The van der Waals surface area contributed by atoms with E-state index in [9.17, 15) is 9.59 Å². The highest BCUT2D eigenvalue weighted by molar-refractivity contribution is 6.02. The number of amides is 2. The van der Waals surface area contributed by atoms with Crippen molar-refractivity contribution >= 4 is 17.5 Å². The monoisotopic (exact) mass is 336 g/mol. The van der Waals surface area contributed by atoms with Crippen LogP contribution >= 0.6 is 0 Å². The molecule has 0 spiro atoms. The molecule has 1 heterocycles. The predicted molar refractivity (Wildman–Crippen MR) is 99.3 cm³/mol. The number of hydrogen-bond donors (Lipinski definition) is 0. The molecular formula is C21H24N2O2. The minimum absolute atomic E-state index is 0.0135. The van der Waals surface area contributed by atoms with E-state index < -0.39 is 5.92 Å². The molecule has 0 N–H and O–H groups in total. The lowest BCUT2D eigenvalue weighted by atomic mass is 9.88. The van der Waals surface area contributed by atoms with Crippen molar-refractivity contribution in [1.29, 1.82) is 0 Å². The second-order valence-electron chi connectivity index (χ2n) is 6.81. The van der Waals surface area contributed by atoms with Crippen LogP contribution in [-0.2, 0) is 16.1 Å². The Kier molecular flexibility index (Phi) is 4.88. The minimum atomic E-state index is -0.411. The summed E-state index contributed by atoms with van der Waals surface area (Å²) in [7, 11) is 1.77. The van der Waals surface area contributed by atoms with Gasteiger partial charge in [0.15, 0.2) is 0 Å². The molecule has 130 valence electrons. The van der Waals surface area contributed by atoms with Crippen molar-refractivity contribution in [1.82, 2.24) is 4.90 Å². The molecule has 0 fully saturated rings. The van der Waals surface area contributed by atoms with Crippen molar-refractivity contribution in [2.45, 2.75) is 38.8 Å². The molecule has 1 unspecified atom stereocenters. The second kappa shape index (κ2) is 7.09. The van der Waals surface area contributed by atoms with Crippen LogP contribution in [0.3, 0.4) is 0 Å². The Morgan fingerprint density at radius 2 is 1.76 bits per heavy atom. The topological polar surface area (TPSA) is 40.6 Å². The molecule has 0 bridgehead atoms. The summed E-state index contributed by atoms with van der Waals surface area (Å²) in [5, 5.41) is 0. The molecule has 3 rings (SSSR count). The van der Waals surface area contributed by atoms with E-state index in [1.165, 1.54) is 0 Å². The number of para-hydroxylation sites is 1. The van der Waals surface area contributed by atoms with Gasteiger partial charge >= 0.3 is 0 Å². The highest BCUT2D eigenvalue weighted by Gasteiger charge is 2.36. The number of nitrogens with zero attached hydrogens (tertiary/aromatic N) is 2. The largest absolute Gasteiger partial charge is 0.335 e. The lowest BCUT2D eigenvalue weighted by Gasteiger charge is -2.35. The van der Waals surface area contributed by atoms with Crippen molar-refractivity contribution in [2.24, 2.45) is 0 Å². The number of anilines is 1. The van der Waals surface area contributed by atoms with E-state index in [1.807, 2.05) is 73.3 Å². The zero-order valence-corrected chi connectivity index (χ0v) is 15.0. The van der Waals surface area contributed by atoms with Gasteiger partial charge in [0.2, 0.25) is 11.8 Å². The van der Waals surface area contributed by atoms with Gasteiger partial charge in [0.1, 0.15) is 0 Å². The standard InChI is InChI=1S/C21H24N2O2/c1-15(2)23(14-16-9-5-4-6-10-16)21(25)18-13-20(24)22(3)19-12-8-7-11-17(18)19/h4-12,15,18H,13-14H2,1-3H3. The molecule has 2 aromatic rings. The van der Waals surface area contributed by atoms with Crippen LogP contribution in [0.4, 0.5) is 5.69 Å². The molecule has 0 saturated heterocycles. The quantitative estimate of drug-likeness (QED) is 0.856. The lowest BCUT2D eigenvalue weighted by molar-refractivity contribution is -0.137. The first kappa shape index (κ1) is 17.2. The fourth-order valence-electron chi connectivity index (χ4n) is 3.36. The first-order valence-electron chi connectivity index (χ1n) is 8.69. The predicted octanol–water partition coefficient (Wildman–Crippen LogP) is 3.57. The Balaban J connectivity index is 1.92. The number of fused-ring (bicyclic) bond motifs is 1. The average molecular weight is 336 g/mol. The van der Waals surface area contributed by atoms with Crippen LogP contribution in [0.15, 0.2) is 54.6 Å². The normalized spacial score (nSPS) is 16.7. The molecule has 0 aliphatic carbocycles. The van der Waals surface area contributed by atoms with E-state index in [0.29, 0.717) is 6.54 Å². The maximum Gasteiger partial charge on any atom is 0.231 e. The summed E-state index contributed by atoms with van der Waals surface area (Å²) in [6.07, 6.45) is 0.227. The van der Waals surface area contributed by atoms with Crippen molar-refractivity contribution in [3.63, 3.8) is 0 Å². The Morgan fingerprint density at radius 3 is 2.44 bits per heavy atom. The fraction of sp³-hybridized carbons (Fsp3) is 0.333. The van der Waals surface area contributed by atoms with E-state index in [2.05, 4.69) is 0 Å². The zero-order chi connectivity index (χ0) is 18.0. The van der Waals surface area contributed by atoms with E-state index in [4.69, 9.17) is 0 Å². The van der Waals surface area contributed by atoms with Crippen LogP contribution in [0.5, 0.6) is 0 Å². The van der Waals surface area contributed by atoms with Crippen LogP contribution in [0.2, 0.25) is 0 Å². The molecule has 1 aliphatic heterocycles. The first-order valence-corrected chi connectivity index (χ1v) is 8.69. The Bertz CT molecular complexity index is 770. The van der Waals surface area contributed by atoms with Gasteiger partial charge in [-0.1, -0.05) is 48.5 Å². The number of rotatable bonds is 4. The highest BCUT2D eigenvalue weighted by Crippen LogP contribution is 2.36. The van der Waals surface area contributed by atoms with E-state index in [1.54, 1.807) is 11.9 Å². The zero-order valence-electron chi connectivity index (χ0n) is 15.0. The summed E-state index contributed by atoms with van der Waals surface area (Å²) in [5.41, 5.74) is 2.87. The summed E-state index contributed by atoms with van der Waals surface area (Å²) in [5.74, 6) is -0.403. The summed E-state index contributed by atoms with van der Waals surface area (Å²) in [4.78, 5) is 29.2. The maximum absolute atomic E-state index is 13.3. The number of hydrogen-bond acceptors (Lipinski definition) is 2. The molecule has 0 aromatic heterocycles. The first-order chi connectivity index (χ1) is 12.0. The van der Waals surface area contributed by atoms with Gasteiger partial charge in [0, 0.05) is 31.7 Å². The van der Waals surface area contributed by atoms with Gasteiger partial charge in [-0.05, 0) is 31.0 Å². The molecule has 2 amide bonds. The van der Waals surface area contributed by atoms with E-state index >= 15 is 0 Å². The van der Waals surface area contributed by atoms with Crippen LogP contribution in [0, 0.1) is 0 Å². The highest BCUT2D eigenvalue weighted by atomic mass is 16.2. The van der Waals surface area contributed by atoms with Crippen molar-refractivity contribution < 1.29 is 9.59 Å². The molecule has 4 heteroatoms. The van der Waals surface area contributed by atoms with Crippen LogP contribution in [0.25, 0.3) is 0 Å². The van der Waals surface area contributed by atoms with Crippen LogP contribution < -0.4 is 4.90 Å².